The molecule has 2 aromatic rings. The van der Waals surface area contributed by atoms with Crippen LogP contribution in [0.15, 0.2) is 56.7 Å². The number of nitrogens with one attached hydrogen (secondary N) is 1. The van der Waals surface area contributed by atoms with E-state index in [4.69, 9.17) is 0 Å². The number of halogens is 1. The van der Waals surface area contributed by atoms with Gasteiger partial charge in [-0.25, -0.2) is 21.1 Å². The zero-order valence-corrected chi connectivity index (χ0v) is 16.0. The van der Waals surface area contributed by atoms with E-state index in [1.807, 2.05) is 0 Å². The summed E-state index contributed by atoms with van der Waals surface area (Å²) in [7, 11) is -5.03. The largest absolute Gasteiger partial charge is 0.506 e. The topological polar surface area (TPSA) is 104 Å². The van der Waals surface area contributed by atoms with Crippen LogP contribution in [0, 0.1) is 0 Å². The molecule has 0 aliphatic rings. The molecular weight excluding hydrogens is 420 g/mol. The predicted octanol–water partition coefficient (Wildman–Crippen LogP) is 2.21. The van der Waals surface area contributed by atoms with Gasteiger partial charge in [-0.05, 0) is 42.5 Å². The zero-order chi connectivity index (χ0) is 18.1. The van der Waals surface area contributed by atoms with Crippen molar-refractivity contribution >= 4 is 41.7 Å². The SMILES string of the molecule is CN(C)S(=O)(=O)c1ccc(O)c(NS(=O)(=O)c2ccc(Br)cc2)c1. The number of anilines is 1. The maximum Gasteiger partial charge on any atom is 0.262 e. The fourth-order valence-corrected chi connectivity index (χ4v) is 4.04. The average Bonchev–Trinajstić information content (AvgIpc) is 2.49. The molecule has 2 aromatic carbocycles. The van der Waals surface area contributed by atoms with Gasteiger partial charge in [0.25, 0.3) is 10.0 Å². The number of phenols is 1. The van der Waals surface area contributed by atoms with Crippen molar-refractivity contribution in [1.29, 1.82) is 0 Å². The van der Waals surface area contributed by atoms with Crippen LogP contribution in [0.5, 0.6) is 5.75 Å². The number of phenolic OH excluding ortho intramolecular Hbond substituents is 1. The van der Waals surface area contributed by atoms with Gasteiger partial charge in [-0.1, -0.05) is 15.9 Å². The Bertz CT molecular complexity index is 955. The highest BCUT2D eigenvalue weighted by Crippen LogP contribution is 2.29. The molecule has 10 heteroatoms. The van der Waals surface area contributed by atoms with Crippen molar-refractivity contribution in [2.24, 2.45) is 0 Å². The van der Waals surface area contributed by atoms with Crippen LogP contribution >= 0.6 is 15.9 Å². The first-order valence-electron chi connectivity index (χ1n) is 6.58. The van der Waals surface area contributed by atoms with Crippen LogP contribution in [0.4, 0.5) is 5.69 Å². The fourth-order valence-electron chi connectivity index (χ4n) is 1.79. The Kier molecular flexibility index (Phi) is 5.23. The van der Waals surface area contributed by atoms with Gasteiger partial charge in [-0.3, -0.25) is 4.72 Å². The van der Waals surface area contributed by atoms with Crippen LogP contribution in [-0.4, -0.2) is 40.3 Å². The average molecular weight is 435 g/mol. The van der Waals surface area contributed by atoms with Crippen molar-refractivity contribution in [3.8, 4) is 5.75 Å². The third-order valence-electron chi connectivity index (χ3n) is 3.11. The molecule has 2 N–H and O–H groups in total. The van der Waals surface area contributed by atoms with Crippen molar-refractivity contribution in [3.05, 3.63) is 46.9 Å². The lowest BCUT2D eigenvalue weighted by molar-refractivity contribution is 0.477. The molecule has 0 atom stereocenters. The third-order valence-corrected chi connectivity index (χ3v) is 6.84. The smallest absolute Gasteiger partial charge is 0.262 e. The Morgan fingerprint density at radius 1 is 0.958 bits per heavy atom. The molecule has 0 saturated carbocycles. The summed E-state index contributed by atoms with van der Waals surface area (Å²) in [6.45, 7) is 0. The molecule has 2 rings (SSSR count). The van der Waals surface area contributed by atoms with Crippen molar-refractivity contribution in [1.82, 2.24) is 4.31 Å². The number of sulfonamides is 2. The van der Waals surface area contributed by atoms with E-state index in [9.17, 15) is 21.9 Å². The molecule has 0 radical (unpaired) electrons. The highest BCUT2D eigenvalue weighted by atomic mass is 79.9. The second-order valence-electron chi connectivity index (χ2n) is 5.03. The molecular formula is C14H15BrN2O5S2. The monoisotopic (exact) mass is 434 g/mol. The zero-order valence-electron chi connectivity index (χ0n) is 12.8. The summed E-state index contributed by atoms with van der Waals surface area (Å²) < 4.78 is 52.9. The van der Waals surface area contributed by atoms with E-state index < -0.39 is 20.0 Å². The van der Waals surface area contributed by atoms with Crippen molar-refractivity contribution < 1.29 is 21.9 Å². The molecule has 0 bridgehead atoms. The number of nitrogens with zero attached hydrogens (tertiary/aromatic N) is 1. The second-order valence-corrected chi connectivity index (χ2v) is 9.78. The number of aromatic hydroxyl groups is 1. The number of hydrogen-bond donors (Lipinski definition) is 2. The molecule has 0 aliphatic carbocycles. The van der Waals surface area contributed by atoms with Crippen molar-refractivity contribution in [3.63, 3.8) is 0 Å². The molecule has 0 fully saturated rings. The lowest BCUT2D eigenvalue weighted by Gasteiger charge is -2.14. The van der Waals surface area contributed by atoms with E-state index in [1.165, 1.54) is 32.3 Å². The van der Waals surface area contributed by atoms with E-state index in [0.717, 1.165) is 16.4 Å². The van der Waals surface area contributed by atoms with Gasteiger partial charge < -0.3 is 5.11 Å². The Balaban J connectivity index is 2.44. The van der Waals surface area contributed by atoms with Crippen LogP contribution in [-0.2, 0) is 20.0 Å². The van der Waals surface area contributed by atoms with Gasteiger partial charge in [-0.15, -0.1) is 0 Å². The standard InChI is InChI=1S/C14H15BrN2O5S2/c1-17(2)24(21,22)12-7-8-14(18)13(9-12)16-23(19,20)11-5-3-10(15)4-6-11/h3-9,16,18H,1-2H3. The first-order valence-corrected chi connectivity index (χ1v) is 10.3. The molecule has 0 aliphatic heterocycles. The first-order chi connectivity index (χ1) is 11.0. The van der Waals surface area contributed by atoms with Gasteiger partial charge in [0, 0.05) is 18.6 Å². The van der Waals surface area contributed by atoms with E-state index >= 15 is 0 Å². The highest BCUT2D eigenvalue weighted by Gasteiger charge is 2.21. The van der Waals surface area contributed by atoms with E-state index in [-0.39, 0.29) is 21.2 Å². The minimum absolute atomic E-state index is 0.0223. The molecule has 0 unspecified atom stereocenters. The highest BCUT2D eigenvalue weighted by molar-refractivity contribution is 9.10. The maximum atomic E-state index is 12.4. The van der Waals surface area contributed by atoms with Crippen LogP contribution in [0.3, 0.4) is 0 Å². The Hall–Kier alpha value is -1.62. The minimum atomic E-state index is -3.97. The fraction of sp³-hybridized carbons (Fsp3) is 0.143. The Labute approximate surface area is 149 Å². The van der Waals surface area contributed by atoms with E-state index in [0.29, 0.717) is 4.47 Å². The summed E-state index contributed by atoms with van der Waals surface area (Å²) in [5.41, 5.74) is -0.221. The van der Waals surface area contributed by atoms with Gasteiger partial charge in [0.2, 0.25) is 10.0 Å². The summed E-state index contributed by atoms with van der Waals surface area (Å²) in [4.78, 5) is -0.162. The van der Waals surface area contributed by atoms with Gasteiger partial charge in [0.05, 0.1) is 15.5 Å². The number of benzene rings is 2. The molecule has 0 amide bonds. The minimum Gasteiger partial charge on any atom is -0.506 e. The van der Waals surface area contributed by atoms with Crippen LogP contribution in [0.25, 0.3) is 0 Å². The summed E-state index contributed by atoms with van der Waals surface area (Å²) in [5, 5.41) is 9.85. The first kappa shape index (κ1) is 18.7. The Morgan fingerprint density at radius 3 is 2.04 bits per heavy atom. The second kappa shape index (κ2) is 6.71. The third kappa shape index (κ3) is 3.89. The number of rotatable bonds is 5. The lowest BCUT2D eigenvalue weighted by atomic mass is 10.3. The van der Waals surface area contributed by atoms with Gasteiger partial charge in [0.15, 0.2) is 0 Å². The summed E-state index contributed by atoms with van der Waals surface area (Å²) in [6, 6.07) is 9.26. The molecule has 0 saturated heterocycles. The molecule has 24 heavy (non-hydrogen) atoms. The predicted molar refractivity (Wildman–Crippen MR) is 93.9 cm³/mol. The molecule has 0 aromatic heterocycles. The normalized spacial score (nSPS) is 12.3. The van der Waals surface area contributed by atoms with Gasteiger partial charge in [-0.2, -0.15) is 0 Å². The number of hydrogen-bond acceptors (Lipinski definition) is 5. The lowest BCUT2D eigenvalue weighted by Crippen LogP contribution is -2.22. The van der Waals surface area contributed by atoms with Crippen molar-refractivity contribution in [2.75, 3.05) is 18.8 Å². The molecule has 7 nitrogen and oxygen atoms in total. The molecule has 0 heterocycles. The van der Waals surface area contributed by atoms with E-state index in [1.54, 1.807) is 12.1 Å². The van der Waals surface area contributed by atoms with E-state index in [2.05, 4.69) is 20.7 Å². The molecule has 0 spiro atoms. The van der Waals surface area contributed by atoms with Crippen molar-refractivity contribution in [2.45, 2.75) is 9.79 Å². The summed E-state index contributed by atoms with van der Waals surface area (Å²) >= 11 is 3.21. The maximum absolute atomic E-state index is 12.4. The Morgan fingerprint density at radius 2 is 1.50 bits per heavy atom. The molecule has 130 valence electrons. The quantitative estimate of drug-likeness (QED) is 0.701. The van der Waals surface area contributed by atoms with Gasteiger partial charge >= 0.3 is 0 Å². The summed E-state index contributed by atoms with van der Waals surface area (Å²) in [5.74, 6) is -0.381. The van der Waals surface area contributed by atoms with Crippen LogP contribution < -0.4 is 4.72 Å². The van der Waals surface area contributed by atoms with Crippen LogP contribution in [0.1, 0.15) is 0 Å². The summed E-state index contributed by atoms with van der Waals surface area (Å²) in [6.07, 6.45) is 0. The van der Waals surface area contributed by atoms with Crippen LogP contribution in [0.2, 0.25) is 0 Å². The van der Waals surface area contributed by atoms with Gasteiger partial charge in [0.1, 0.15) is 5.75 Å².